The number of hydrogen-bond donors (Lipinski definition) is 2. The van der Waals surface area contributed by atoms with E-state index in [1.165, 1.54) is 11.5 Å². The number of nitrogens with two attached hydrogens (primary N) is 1. The lowest BCUT2D eigenvalue weighted by molar-refractivity contribution is -0.122. The van der Waals surface area contributed by atoms with E-state index >= 15 is 0 Å². The van der Waals surface area contributed by atoms with Crippen LogP contribution in [0, 0.1) is 0 Å². The van der Waals surface area contributed by atoms with Crippen LogP contribution in [0.1, 0.15) is 12.6 Å². The van der Waals surface area contributed by atoms with Crippen molar-refractivity contribution >= 4 is 17.4 Å². The van der Waals surface area contributed by atoms with Gasteiger partial charge in [0.25, 0.3) is 0 Å². The Kier molecular flexibility index (Phi) is 3.12. The van der Waals surface area contributed by atoms with Gasteiger partial charge in [-0.05, 0) is 18.5 Å². The highest BCUT2D eigenvalue weighted by Gasteiger charge is 2.06. The zero-order chi connectivity index (χ0) is 8.97. The monoisotopic (exact) mass is 186 g/mol. The lowest BCUT2D eigenvalue weighted by Gasteiger charge is -2.04. The maximum absolute atomic E-state index is 11.0. The quantitative estimate of drug-likeness (QED) is 0.667. The number of carbonyl (C=O) groups excluding carboxylic acids is 1. The smallest absolute Gasteiger partial charge is 0.236 e. The van der Waals surface area contributed by atoms with E-state index in [4.69, 9.17) is 5.73 Å². The molecule has 1 heterocycles. The predicted molar refractivity (Wildman–Crippen MR) is 45.4 cm³/mol. The molecule has 0 aromatic carbocycles. The van der Waals surface area contributed by atoms with Crippen molar-refractivity contribution in [1.29, 1.82) is 0 Å². The van der Waals surface area contributed by atoms with Crippen molar-refractivity contribution in [3.8, 4) is 0 Å². The van der Waals surface area contributed by atoms with E-state index in [0.717, 1.165) is 5.69 Å². The highest BCUT2D eigenvalue weighted by atomic mass is 32.1. The zero-order valence-electron chi connectivity index (χ0n) is 6.65. The Morgan fingerprint density at radius 2 is 2.67 bits per heavy atom. The summed E-state index contributed by atoms with van der Waals surface area (Å²) in [7, 11) is 0. The summed E-state index contributed by atoms with van der Waals surface area (Å²) in [6.07, 6.45) is 0. The molecule has 1 amide bonds. The summed E-state index contributed by atoms with van der Waals surface area (Å²) in [4.78, 5) is 11.0. The molecule has 0 aliphatic heterocycles. The minimum absolute atomic E-state index is 0.178. The minimum Gasteiger partial charge on any atom is -0.349 e. The first kappa shape index (κ1) is 9.08. The second-order valence-electron chi connectivity index (χ2n) is 2.40. The second-order valence-corrected chi connectivity index (χ2v) is 3.01. The van der Waals surface area contributed by atoms with Crippen molar-refractivity contribution in [2.24, 2.45) is 5.73 Å². The number of carbonyl (C=O) groups is 1. The van der Waals surface area contributed by atoms with E-state index in [1.807, 2.05) is 0 Å². The molecule has 1 aromatic heterocycles. The molecule has 5 nitrogen and oxygen atoms in total. The fraction of sp³-hybridized carbons (Fsp3) is 0.500. The fourth-order valence-electron chi connectivity index (χ4n) is 0.600. The van der Waals surface area contributed by atoms with Gasteiger partial charge in [-0.2, -0.15) is 0 Å². The number of nitrogens with zero attached hydrogens (tertiary/aromatic N) is 2. The Bertz CT molecular complexity index is 246. The van der Waals surface area contributed by atoms with Crippen LogP contribution in [0.4, 0.5) is 0 Å². The van der Waals surface area contributed by atoms with Crippen LogP contribution in [0.2, 0.25) is 0 Å². The van der Waals surface area contributed by atoms with Gasteiger partial charge in [-0.3, -0.25) is 4.79 Å². The van der Waals surface area contributed by atoms with Gasteiger partial charge in [0.15, 0.2) is 0 Å². The molecule has 1 atom stereocenters. The van der Waals surface area contributed by atoms with Gasteiger partial charge >= 0.3 is 0 Å². The van der Waals surface area contributed by atoms with Crippen LogP contribution in [0.25, 0.3) is 0 Å². The van der Waals surface area contributed by atoms with Crippen molar-refractivity contribution in [3.63, 3.8) is 0 Å². The normalized spacial score (nSPS) is 12.5. The lowest BCUT2D eigenvalue weighted by Crippen LogP contribution is -2.37. The van der Waals surface area contributed by atoms with Crippen LogP contribution in [0.3, 0.4) is 0 Å². The molecule has 0 aliphatic rings. The molecule has 12 heavy (non-hydrogen) atoms. The topological polar surface area (TPSA) is 80.9 Å². The van der Waals surface area contributed by atoms with Crippen molar-refractivity contribution < 1.29 is 4.79 Å². The molecule has 0 aliphatic carbocycles. The van der Waals surface area contributed by atoms with E-state index in [-0.39, 0.29) is 5.91 Å². The first-order chi connectivity index (χ1) is 5.70. The molecule has 1 rings (SSSR count). The maximum Gasteiger partial charge on any atom is 0.236 e. The van der Waals surface area contributed by atoms with Crippen molar-refractivity contribution in [2.45, 2.75) is 19.5 Å². The number of rotatable bonds is 3. The maximum atomic E-state index is 11.0. The second kappa shape index (κ2) is 4.13. The van der Waals surface area contributed by atoms with Crippen LogP contribution in [-0.2, 0) is 11.3 Å². The Hall–Kier alpha value is -1.01. The third-order valence-corrected chi connectivity index (χ3v) is 1.82. The molecular formula is C6H10N4OS. The lowest BCUT2D eigenvalue weighted by atomic mass is 10.3. The summed E-state index contributed by atoms with van der Waals surface area (Å²) < 4.78 is 3.65. The molecule has 0 fully saturated rings. The van der Waals surface area contributed by atoms with Crippen LogP contribution in [0.5, 0.6) is 0 Å². The third-order valence-electron chi connectivity index (χ3n) is 1.26. The van der Waals surface area contributed by atoms with E-state index < -0.39 is 6.04 Å². The number of nitrogens with one attached hydrogen (secondary N) is 1. The predicted octanol–water partition coefficient (Wildman–Crippen LogP) is -0.499. The summed E-state index contributed by atoms with van der Waals surface area (Å²) >= 11 is 1.26. The van der Waals surface area contributed by atoms with Crippen LogP contribution < -0.4 is 11.1 Å². The average Bonchev–Trinajstić information content (AvgIpc) is 2.51. The Balaban J connectivity index is 2.32. The Labute approximate surface area is 74.1 Å². The summed E-state index contributed by atoms with van der Waals surface area (Å²) in [5.74, 6) is -0.178. The van der Waals surface area contributed by atoms with Gasteiger partial charge in [0.2, 0.25) is 5.91 Å². The molecule has 6 heteroatoms. The standard InChI is InChI=1S/C6H10N4OS/c1-4(7)6(11)8-2-5-3-12-10-9-5/h3-4H,2,7H2,1H3,(H,8,11)/t4-/m0/s1. The molecule has 0 radical (unpaired) electrons. The summed E-state index contributed by atoms with van der Waals surface area (Å²) in [6, 6.07) is -0.475. The third kappa shape index (κ3) is 2.55. The van der Waals surface area contributed by atoms with E-state index in [2.05, 4.69) is 14.9 Å². The molecule has 0 saturated heterocycles. The summed E-state index contributed by atoms with van der Waals surface area (Å²) in [5, 5.41) is 8.16. The number of amides is 1. The largest absolute Gasteiger partial charge is 0.349 e. The first-order valence-corrected chi connectivity index (χ1v) is 4.33. The Morgan fingerprint density at radius 3 is 3.17 bits per heavy atom. The zero-order valence-corrected chi connectivity index (χ0v) is 7.47. The minimum atomic E-state index is -0.475. The summed E-state index contributed by atoms with van der Waals surface area (Å²) in [5.41, 5.74) is 6.09. The first-order valence-electron chi connectivity index (χ1n) is 3.49. The van der Waals surface area contributed by atoms with Gasteiger partial charge in [0.1, 0.15) is 0 Å². The molecule has 1 aromatic rings. The molecule has 0 saturated carbocycles. The molecule has 3 N–H and O–H groups in total. The van der Waals surface area contributed by atoms with E-state index in [9.17, 15) is 4.79 Å². The SMILES string of the molecule is C[C@H](N)C(=O)NCc1csnn1. The van der Waals surface area contributed by atoms with Gasteiger partial charge in [0, 0.05) is 5.38 Å². The van der Waals surface area contributed by atoms with Crippen LogP contribution >= 0.6 is 11.5 Å². The van der Waals surface area contributed by atoms with Gasteiger partial charge in [-0.15, -0.1) is 5.10 Å². The van der Waals surface area contributed by atoms with Gasteiger partial charge in [0.05, 0.1) is 18.3 Å². The molecule has 0 unspecified atom stereocenters. The van der Waals surface area contributed by atoms with Crippen LogP contribution in [0.15, 0.2) is 5.38 Å². The fourth-order valence-corrected chi connectivity index (χ4v) is 1.05. The molecule has 66 valence electrons. The van der Waals surface area contributed by atoms with Gasteiger partial charge in [-0.25, -0.2) is 0 Å². The Morgan fingerprint density at radius 1 is 1.92 bits per heavy atom. The van der Waals surface area contributed by atoms with Crippen molar-refractivity contribution in [1.82, 2.24) is 14.9 Å². The van der Waals surface area contributed by atoms with Crippen molar-refractivity contribution in [2.75, 3.05) is 0 Å². The molecule has 0 bridgehead atoms. The molecular weight excluding hydrogens is 176 g/mol. The number of aromatic nitrogens is 2. The molecule has 0 spiro atoms. The average molecular weight is 186 g/mol. The van der Waals surface area contributed by atoms with Gasteiger partial charge in [-0.1, -0.05) is 4.49 Å². The van der Waals surface area contributed by atoms with E-state index in [0.29, 0.717) is 6.54 Å². The van der Waals surface area contributed by atoms with Crippen molar-refractivity contribution in [3.05, 3.63) is 11.1 Å². The van der Waals surface area contributed by atoms with Gasteiger partial charge < -0.3 is 11.1 Å². The highest BCUT2D eigenvalue weighted by molar-refractivity contribution is 7.03. The number of hydrogen-bond acceptors (Lipinski definition) is 5. The van der Waals surface area contributed by atoms with Crippen LogP contribution in [-0.4, -0.2) is 21.5 Å². The highest BCUT2D eigenvalue weighted by Crippen LogP contribution is 1.95. The summed E-state index contributed by atoms with van der Waals surface area (Å²) in [6.45, 7) is 2.03. The van der Waals surface area contributed by atoms with E-state index in [1.54, 1.807) is 12.3 Å².